The molecule has 1 spiro atoms. The Morgan fingerprint density at radius 2 is 1.85 bits per heavy atom. The van der Waals surface area contributed by atoms with Crippen LogP contribution in [-0.4, -0.2) is 77.5 Å². The second-order valence-electron chi connectivity index (χ2n) is 10.1. The van der Waals surface area contributed by atoms with E-state index in [0.717, 1.165) is 11.1 Å². The van der Waals surface area contributed by atoms with Crippen LogP contribution in [0.15, 0.2) is 42.5 Å². The van der Waals surface area contributed by atoms with E-state index < -0.39 is 11.5 Å². The van der Waals surface area contributed by atoms with Crippen LogP contribution in [-0.2, 0) is 16.1 Å². The van der Waals surface area contributed by atoms with Crippen LogP contribution < -0.4 is 0 Å². The first kappa shape index (κ1) is 23.0. The Balaban J connectivity index is 1.51. The van der Waals surface area contributed by atoms with E-state index >= 15 is 0 Å². The molecule has 3 aliphatic rings. The largest absolute Gasteiger partial charge is 0.378 e. The van der Waals surface area contributed by atoms with E-state index in [1.807, 2.05) is 60.0 Å². The molecule has 2 saturated heterocycles. The van der Waals surface area contributed by atoms with Gasteiger partial charge in [0.25, 0.3) is 5.91 Å². The molecule has 3 aliphatic heterocycles. The standard InChI is InChI=1S/C27H32FN3O3/c1-18(2)31-25(32)22-7-5-4-6-21(22)24(26(33)30-10-12-34-13-11-30)27(31)16-29(17-27)15-20-8-9-23(28)19(3)14-20/h4-9,14,18,24H,10-13,15-17H2,1-3H3. The van der Waals surface area contributed by atoms with Crippen LogP contribution in [0.3, 0.4) is 0 Å². The minimum absolute atomic E-state index is 0.00564. The first-order valence-corrected chi connectivity index (χ1v) is 12.1. The fourth-order valence-electron chi connectivity index (χ4n) is 6.02. The Morgan fingerprint density at radius 1 is 1.15 bits per heavy atom. The molecule has 0 saturated carbocycles. The molecule has 6 nitrogen and oxygen atoms in total. The number of likely N-dealkylation sites (tertiary alicyclic amines) is 1. The number of rotatable bonds is 4. The summed E-state index contributed by atoms with van der Waals surface area (Å²) in [6, 6.07) is 12.7. The average Bonchev–Trinajstić information content (AvgIpc) is 2.80. The van der Waals surface area contributed by atoms with Crippen molar-refractivity contribution in [2.24, 2.45) is 0 Å². The van der Waals surface area contributed by atoms with Gasteiger partial charge in [0.15, 0.2) is 0 Å². The van der Waals surface area contributed by atoms with E-state index in [-0.39, 0.29) is 23.7 Å². The predicted molar refractivity (Wildman–Crippen MR) is 127 cm³/mol. The smallest absolute Gasteiger partial charge is 0.254 e. The van der Waals surface area contributed by atoms with Crippen molar-refractivity contribution < 1.29 is 18.7 Å². The van der Waals surface area contributed by atoms with E-state index in [4.69, 9.17) is 4.74 Å². The number of hydrogen-bond acceptors (Lipinski definition) is 4. The molecule has 0 aliphatic carbocycles. The molecule has 180 valence electrons. The van der Waals surface area contributed by atoms with E-state index in [1.165, 1.54) is 6.07 Å². The summed E-state index contributed by atoms with van der Waals surface area (Å²) in [5.41, 5.74) is 2.51. The number of ether oxygens (including phenoxy) is 1. The number of hydrogen-bond donors (Lipinski definition) is 0. The fourth-order valence-corrected chi connectivity index (χ4v) is 6.02. The van der Waals surface area contributed by atoms with Gasteiger partial charge in [-0.1, -0.05) is 30.3 Å². The van der Waals surface area contributed by atoms with Crippen LogP contribution in [0.1, 0.15) is 46.8 Å². The monoisotopic (exact) mass is 465 g/mol. The van der Waals surface area contributed by atoms with Crippen LogP contribution in [0.5, 0.6) is 0 Å². The summed E-state index contributed by atoms with van der Waals surface area (Å²) in [4.78, 5) is 33.8. The van der Waals surface area contributed by atoms with Crippen molar-refractivity contribution in [1.82, 2.24) is 14.7 Å². The van der Waals surface area contributed by atoms with Crippen molar-refractivity contribution >= 4 is 11.8 Å². The summed E-state index contributed by atoms with van der Waals surface area (Å²) >= 11 is 0. The van der Waals surface area contributed by atoms with Crippen LogP contribution >= 0.6 is 0 Å². The van der Waals surface area contributed by atoms with Crippen molar-refractivity contribution in [3.05, 3.63) is 70.5 Å². The quantitative estimate of drug-likeness (QED) is 0.696. The molecule has 2 aromatic rings. The van der Waals surface area contributed by atoms with E-state index in [2.05, 4.69) is 4.90 Å². The maximum Gasteiger partial charge on any atom is 0.254 e. The lowest BCUT2D eigenvalue weighted by molar-refractivity contribution is -0.148. The number of carbonyl (C=O) groups excluding carboxylic acids is 2. The lowest BCUT2D eigenvalue weighted by Gasteiger charge is -2.62. The number of amides is 2. The first-order chi connectivity index (χ1) is 16.3. The maximum atomic E-state index is 14.0. The molecule has 2 aromatic carbocycles. The lowest BCUT2D eigenvalue weighted by Crippen LogP contribution is -2.77. The summed E-state index contributed by atoms with van der Waals surface area (Å²) in [6.07, 6.45) is 0. The predicted octanol–water partition coefficient (Wildman–Crippen LogP) is 3.20. The van der Waals surface area contributed by atoms with E-state index in [9.17, 15) is 14.0 Å². The maximum absolute atomic E-state index is 14.0. The van der Waals surface area contributed by atoms with Crippen molar-refractivity contribution in [2.75, 3.05) is 39.4 Å². The number of benzene rings is 2. The molecule has 7 heteroatoms. The summed E-state index contributed by atoms with van der Waals surface area (Å²) < 4.78 is 19.2. The Labute approximate surface area is 200 Å². The third-order valence-electron chi connectivity index (χ3n) is 7.45. The van der Waals surface area contributed by atoms with Crippen molar-refractivity contribution in [3.63, 3.8) is 0 Å². The molecule has 2 fully saturated rings. The molecule has 0 bridgehead atoms. The molecule has 0 aromatic heterocycles. The zero-order valence-corrected chi connectivity index (χ0v) is 20.1. The van der Waals surface area contributed by atoms with Crippen molar-refractivity contribution in [2.45, 2.75) is 44.8 Å². The highest BCUT2D eigenvalue weighted by Gasteiger charge is 2.61. The van der Waals surface area contributed by atoms with Gasteiger partial charge < -0.3 is 14.5 Å². The SMILES string of the molecule is Cc1cc(CN2CC3(C2)C(C(=O)N2CCOCC2)c2ccccc2C(=O)N3C(C)C)ccc1F. The van der Waals surface area contributed by atoms with Gasteiger partial charge in [0.05, 0.1) is 24.7 Å². The van der Waals surface area contributed by atoms with Crippen molar-refractivity contribution in [3.8, 4) is 0 Å². The Kier molecular flexibility index (Phi) is 5.94. The van der Waals surface area contributed by atoms with Crippen molar-refractivity contribution in [1.29, 1.82) is 0 Å². The van der Waals surface area contributed by atoms with Gasteiger partial charge >= 0.3 is 0 Å². The number of aryl methyl sites for hydroxylation is 1. The summed E-state index contributed by atoms with van der Waals surface area (Å²) in [5.74, 6) is -0.561. The van der Waals surface area contributed by atoms with Gasteiger partial charge in [-0.25, -0.2) is 4.39 Å². The molecule has 0 N–H and O–H groups in total. The van der Waals surface area contributed by atoms with Gasteiger partial charge in [0.2, 0.25) is 5.91 Å². The normalized spacial score (nSPS) is 22.1. The van der Waals surface area contributed by atoms with Gasteiger partial charge in [-0.15, -0.1) is 0 Å². The number of nitrogens with zero attached hydrogens (tertiary/aromatic N) is 3. The molecule has 5 rings (SSSR count). The first-order valence-electron chi connectivity index (χ1n) is 12.1. The zero-order chi connectivity index (χ0) is 24.0. The summed E-state index contributed by atoms with van der Waals surface area (Å²) in [5, 5.41) is 0. The number of carbonyl (C=O) groups is 2. The summed E-state index contributed by atoms with van der Waals surface area (Å²) in [7, 11) is 0. The topological polar surface area (TPSA) is 53.1 Å². The highest BCUT2D eigenvalue weighted by atomic mass is 19.1. The highest BCUT2D eigenvalue weighted by molar-refractivity contribution is 6.02. The molecule has 2 amide bonds. The lowest BCUT2D eigenvalue weighted by atomic mass is 9.67. The van der Waals surface area contributed by atoms with E-state index in [0.29, 0.717) is 57.1 Å². The van der Waals surface area contributed by atoms with Gasteiger partial charge in [0, 0.05) is 44.3 Å². The Morgan fingerprint density at radius 3 is 2.53 bits per heavy atom. The van der Waals surface area contributed by atoms with Crippen LogP contribution in [0.4, 0.5) is 4.39 Å². The number of fused-ring (bicyclic) bond motifs is 1. The summed E-state index contributed by atoms with van der Waals surface area (Å²) in [6.45, 7) is 9.89. The third kappa shape index (κ3) is 3.71. The van der Waals surface area contributed by atoms with Gasteiger partial charge in [-0.2, -0.15) is 0 Å². The molecule has 1 atom stereocenters. The molecule has 0 radical (unpaired) electrons. The molecule has 34 heavy (non-hydrogen) atoms. The number of halogens is 1. The second kappa shape index (κ2) is 8.78. The Bertz CT molecular complexity index is 1110. The molecule has 3 heterocycles. The minimum Gasteiger partial charge on any atom is -0.378 e. The van der Waals surface area contributed by atoms with Crippen LogP contribution in [0, 0.1) is 12.7 Å². The Hall–Kier alpha value is -2.77. The molecular weight excluding hydrogens is 433 g/mol. The minimum atomic E-state index is -0.607. The molecular formula is C27H32FN3O3. The second-order valence-corrected chi connectivity index (χ2v) is 10.1. The van der Waals surface area contributed by atoms with Crippen LogP contribution in [0.2, 0.25) is 0 Å². The van der Waals surface area contributed by atoms with E-state index in [1.54, 1.807) is 6.92 Å². The van der Waals surface area contributed by atoms with Gasteiger partial charge in [0.1, 0.15) is 5.82 Å². The molecule has 1 unspecified atom stereocenters. The zero-order valence-electron chi connectivity index (χ0n) is 20.1. The highest BCUT2D eigenvalue weighted by Crippen LogP contribution is 2.48. The van der Waals surface area contributed by atoms with Gasteiger partial charge in [-0.05, 0) is 49.6 Å². The fraction of sp³-hybridized carbons (Fsp3) is 0.481. The third-order valence-corrected chi connectivity index (χ3v) is 7.45. The van der Waals surface area contributed by atoms with Gasteiger partial charge in [-0.3, -0.25) is 14.5 Å². The average molecular weight is 466 g/mol. The van der Waals surface area contributed by atoms with Crippen LogP contribution in [0.25, 0.3) is 0 Å². The number of morpholine rings is 1.